The second-order valence-electron chi connectivity index (χ2n) is 4.54. The largest absolute Gasteiger partial charge is 0.465 e. The van der Waals surface area contributed by atoms with Crippen molar-refractivity contribution in [1.29, 1.82) is 0 Å². The Morgan fingerprint density at radius 3 is 2.41 bits per heavy atom. The van der Waals surface area contributed by atoms with E-state index in [1.165, 1.54) is 16.7 Å². The Morgan fingerprint density at radius 2 is 1.82 bits per heavy atom. The predicted octanol–water partition coefficient (Wildman–Crippen LogP) is 4.88. The molecule has 0 N–H and O–H groups in total. The lowest BCUT2D eigenvalue weighted by molar-refractivity contribution is 0.481. The summed E-state index contributed by atoms with van der Waals surface area (Å²) in [6, 6.07) is 10.7. The van der Waals surface area contributed by atoms with Gasteiger partial charge in [-0.25, -0.2) is 0 Å². The zero-order valence-electron chi connectivity index (χ0n) is 10.5. The number of halogens is 1. The predicted molar refractivity (Wildman–Crippen MR) is 74.7 cm³/mol. The van der Waals surface area contributed by atoms with E-state index in [4.69, 9.17) is 4.42 Å². The molecule has 2 rings (SSSR count). The second kappa shape index (κ2) is 5.09. The van der Waals surface area contributed by atoms with Crippen LogP contribution in [0.25, 0.3) is 0 Å². The Morgan fingerprint density at radius 1 is 1.06 bits per heavy atom. The highest BCUT2D eigenvalue weighted by molar-refractivity contribution is 9.09. The van der Waals surface area contributed by atoms with E-state index in [2.05, 4.69) is 48.0 Å². The van der Waals surface area contributed by atoms with Gasteiger partial charge in [0.1, 0.15) is 11.5 Å². The molecule has 1 aromatic carbocycles. The van der Waals surface area contributed by atoms with Crippen molar-refractivity contribution in [3.63, 3.8) is 0 Å². The zero-order valence-corrected chi connectivity index (χ0v) is 12.0. The van der Waals surface area contributed by atoms with E-state index < -0.39 is 0 Å². The number of furan rings is 1. The molecule has 1 aromatic heterocycles. The van der Waals surface area contributed by atoms with E-state index in [1.54, 1.807) is 0 Å². The van der Waals surface area contributed by atoms with Gasteiger partial charge in [-0.2, -0.15) is 0 Å². The average molecular weight is 293 g/mol. The summed E-state index contributed by atoms with van der Waals surface area (Å²) in [5, 5.41) is 0. The third-order valence-corrected chi connectivity index (χ3v) is 3.83. The fourth-order valence-electron chi connectivity index (χ4n) is 1.86. The SMILES string of the molecule is Cc1ccc(C(Br)Cc2ccc(C)c(C)c2)o1. The van der Waals surface area contributed by atoms with Crippen molar-refractivity contribution < 1.29 is 4.42 Å². The van der Waals surface area contributed by atoms with Gasteiger partial charge >= 0.3 is 0 Å². The maximum atomic E-state index is 5.62. The Labute approximate surface area is 111 Å². The Kier molecular flexibility index (Phi) is 3.72. The summed E-state index contributed by atoms with van der Waals surface area (Å²) < 4.78 is 5.62. The van der Waals surface area contributed by atoms with Crippen molar-refractivity contribution in [2.75, 3.05) is 0 Å². The first-order valence-electron chi connectivity index (χ1n) is 5.83. The van der Waals surface area contributed by atoms with Crippen LogP contribution in [0.4, 0.5) is 0 Å². The fraction of sp³-hybridized carbons (Fsp3) is 0.333. The first kappa shape index (κ1) is 12.4. The van der Waals surface area contributed by atoms with Gasteiger partial charge in [0.25, 0.3) is 0 Å². The summed E-state index contributed by atoms with van der Waals surface area (Å²) in [6.07, 6.45) is 0.952. The molecule has 0 saturated heterocycles. The molecule has 0 bridgehead atoms. The van der Waals surface area contributed by atoms with Crippen LogP contribution in [0.2, 0.25) is 0 Å². The van der Waals surface area contributed by atoms with Gasteiger partial charge in [0, 0.05) is 0 Å². The van der Waals surface area contributed by atoms with Gasteiger partial charge in [0.05, 0.1) is 4.83 Å². The van der Waals surface area contributed by atoms with Crippen molar-refractivity contribution in [2.45, 2.75) is 32.0 Å². The van der Waals surface area contributed by atoms with Crippen LogP contribution in [0.3, 0.4) is 0 Å². The fourth-order valence-corrected chi connectivity index (χ4v) is 2.48. The summed E-state index contributed by atoms with van der Waals surface area (Å²) in [4.78, 5) is 0.248. The van der Waals surface area contributed by atoms with Crippen molar-refractivity contribution in [3.05, 3.63) is 58.5 Å². The third-order valence-electron chi connectivity index (χ3n) is 3.06. The smallest absolute Gasteiger partial charge is 0.118 e. The molecule has 2 aromatic rings. The molecule has 2 heteroatoms. The molecule has 0 aliphatic heterocycles. The molecule has 0 aliphatic rings. The van der Waals surface area contributed by atoms with Crippen molar-refractivity contribution in [2.24, 2.45) is 0 Å². The van der Waals surface area contributed by atoms with Crippen LogP contribution in [0.1, 0.15) is 33.0 Å². The van der Waals surface area contributed by atoms with Crippen LogP contribution in [0, 0.1) is 20.8 Å². The molecule has 0 saturated carbocycles. The van der Waals surface area contributed by atoms with Crippen LogP contribution in [-0.2, 0) is 6.42 Å². The van der Waals surface area contributed by atoms with Gasteiger partial charge in [-0.05, 0) is 56.0 Å². The van der Waals surface area contributed by atoms with E-state index >= 15 is 0 Å². The van der Waals surface area contributed by atoms with E-state index in [0.717, 1.165) is 17.9 Å². The lowest BCUT2D eigenvalue weighted by Crippen LogP contribution is -1.95. The van der Waals surface area contributed by atoms with Crippen LogP contribution in [-0.4, -0.2) is 0 Å². The molecule has 90 valence electrons. The maximum absolute atomic E-state index is 5.62. The van der Waals surface area contributed by atoms with Crippen molar-refractivity contribution in [3.8, 4) is 0 Å². The van der Waals surface area contributed by atoms with E-state index in [0.29, 0.717) is 0 Å². The molecule has 0 amide bonds. The molecule has 1 nitrogen and oxygen atoms in total. The van der Waals surface area contributed by atoms with E-state index in [9.17, 15) is 0 Å². The molecular weight excluding hydrogens is 276 g/mol. The van der Waals surface area contributed by atoms with Gasteiger partial charge < -0.3 is 4.42 Å². The van der Waals surface area contributed by atoms with Crippen molar-refractivity contribution >= 4 is 15.9 Å². The molecule has 0 fully saturated rings. The maximum Gasteiger partial charge on any atom is 0.118 e. The lowest BCUT2D eigenvalue weighted by atomic mass is 10.0. The Balaban J connectivity index is 2.12. The number of hydrogen-bond donors (Lipinski definition) is 0. The monoisotopic (exact) mass is 292 g/mol. The number of hydrogen-bond acceptors (Lipinski definition) is 1. The normalized spacial score (nSPS) is 12.7. The first-order chi connectivity index (χ1) is 8.06. The van der Waals surface area contributed by atoms with Gasteiger partial charge in [-0.3, -0.25) is 0 Å². The molecule has 1 unspecified atom stereocenters. The minimum Gasteiger partial charge on any atom is -0.465 e. The number of rotatable bonds is 3. The van der Waals surface area contributed by atoms with Crippen molar-refractivity contribution in [1.82, 2.24) is 0 Å². The van der Waals surface area contributed by atoms with Gasteiger partial charge in [-0.15, -0.1) is 0 Å². The highest BCUT2D eigenvalue weighted by Crippen LogP contribution is 2.28. The molecular formula is C15H17BrO. The number of benzene rings is 1. The standard InChI is InChI=1S/C15H17BrO/c1-10-4-6-13(8-11(10)2)9-14(16)15-7-5-12(3)17-15/h4-8,14H,9H2,1-3H3. The summed E-state index contributed by atoms with van der Waals surface area (Å²) in [5.74, 6) is 1.96. The molecule has 0 aliphatic carbocycles. The minimum absolute atomic E-state index is 0.248. The highest BCUT2D eigenvalue weighted by atomic mass is 79.9. The van der Waals surface area contributed by atoms with Crippen LogP contribution in [0.5, 0.6) is 0 Å². The van der Waals surface area contributed by atoms with Crippen LogP contribution < -0.4 is 0 Å². The first-order valence-corrected chi connectivity index (χ1v) is 6.74. The summed E-state index contributed by atoms with van der Waals surface area (Å²) in [5.41, 5.74) is 4.02. The number of aryl methyl sites for hydroxylation is 3. The van der Waals surface area contributed by atoms with E-state index in [1.807, 2.05) is 19.1 Å². The zero-order chi connectivity index (χ0) is 12.4. The Bertz CT molecular complexity index is 513. The molecule has 17 heavy (non-hydrogen) atoms. The third kappa shape index (κ3) is 3.01. The number of alkyl halides is 1. The topological polar surface area (TPSA) is 13.1 Å². The van der Waals surface area contributed by atoms with Gasteiger partial charge in [-0.1, -0.05) is 34.1 Å². The minimum atomic E-state index is 0.248. The van der Waals surface area contributed by atoms with E-state index in [-0.39, 0.29) is 4.83 Å². The Hall–Kier alpha value is -1.02. The molecule has 0 spiro atoms. The van der Waals surface area contributed by atoms with Gasteiger partial charge in [0.15, 0.2) is 0 Å². The van der Waals surface area contributed by atoms with Gasteiger partial charge in [0.2, 0.25) is 0 Å². The summed E-state index contributed by atoms with van der Waals surface area (Å²) in [6.45, 7) is 6.26. The summed E-state index contributed by atoms with van der Waals surface area (Å²) in [7, 11) is 0. The molecule has 0 radical (unpaired) electrons. The van der Waals surface area contributed by atoms with Crippen LogP contribution >= 0.6 is 15.9 Å². The average Bonchev–Trinajstić information content (AvgIpc) is 2.70. The molecule has 1 atom stereocenters. The quantitative estimate of drug-likeness (QED) is 0.735. The second-order valence-corrected chi connectivity index (χ2v) is 5.64. The highest BCUT2D eigenvalue weighted by Gasteiger charge is 2.12. The lowest BCUT2D eigenvalue weighted by Gasteiger charge is -2.09. The van der Waals surface area contributed by atoms with Crippen LogP contribution in [0.15, 0.2) is 34.7 Å². The molecule has 1 heterocycles. The summed E-state index contributed by atoms with van der Waals surface area (Å²) >= 11 is 3.69.